The summed E-state index contributed by atoms with van der Waals surface area (Å²) in [7, 11) is 0. The number of urea groups is 1. The third-order valence-corrected chi connectivity index (χ3v) is 1.84. The molecule has 0 aliphatic carbocycles. The maximum atomic E-state index is 10.3. The normalized spacial score (nSPS) is 9.87. The standard InChI is InChI=1S/C10H15N3O2/c11-10(15)13-5-4-12-7-8-2-1-3-9(14)6-8/h1-3,6,12,14H,4-5,7H2,(H3,11,13,15). The molecule has 2 amide bonds. The van der Waals surface area contributed by atoms with E-state index >= 15 is 0 Å². The molecule has 1 rings (SSSR count). The largest absolute Gasteiger partial charge is 0.508 e. The highest BCUT2D eigenvalue weighted by Gasteiger charge is 1.94. The molecule has 0 spiro atoms. The summed E-state index contributed by atoms with van der Waals surface area (Å²) >= 11 is 0. The highest BCUT2D eigenvalue weighted by molar-refractivity contribution is 5.71. The summed E-state index contributed by atoms with van der Waals surface area (Å²) in [5, 5.41) is 14.8. The van der Waals surface area contributed by atoms with Gasteiger partial charge in [-0.15, -0.1) is 0 Å². The van der Waals surface area contributed by atoms with Crippen molar-refractivity contribution in [1.29, 1.82) is 0 Å². The molecule has 15 heavy (non-hydrogen) atoms. The molecular formula is C10H15N3O2. The number of hydrogen-bond donors (Lipinski definition) is 4. The van der Waals surface area contributed by atoms with Gasteiger partial charge in [-0.25, -0.2) is 4.79 Å². The van der Waals surface area contributed by atoms with E-state index in [-0.39, 0.29) is 5.75 Å². The van der Waals surface area contributed by atoms with Crippen molar-refractivity contribution >= 4 is 6.03 Å². The van der Waals surface area contributed by atoms with E-state index in [2.05, 4.69) is 10.6 Å². The first-order valence-electron chi connectivity index (χ1n) is 4.70. The summed E-state index contributed by atoms with van der Waals surface area (Å²) in [5.41, 5.74) is 5.89. The van der Waals surface area contributed by atoms with Gasteiger partial charge in [0.1, 0.15) is 5.75 Å². The van der Waals surface area contributed by atoms with Crippen LogP contribution in [-0.2, 0) is 6.54 Å². The lowest BCUT2D eigenvalue weighted by Gasteiger charge is -2.05. The number of hydrogen-bond acceptors (Lipinski definition) is 3. The fourth-order valence-electron chi connectivity index (χ4n) is 1.17. The number of benzene rings is 1. The lowest BCUT2D eigenvalue weighted by Crippen LogP contribution is -2.35. The number of nitrogens with one attached hydrogen (secondary N) is 2. The number of carbonyl (C=O) groups is 1. The molecule has 5 N–H and O–H groups in total. The molecule has 0 radical (unpaired) electrons. The van der Waals surface area contributed by atoms with Crippen molar-refractivity contribution in [3.05, 3.63) is 29.8 Å². The fourth-order valence-corrected chi connectivity index (χ4v) is 1.17. The van der Waals surface area contributed by atoms with Gasteiger partial charge < -0.3 is 21.5 Å². The second-order valence-corrected chi connectivity index (χ2v) is 3.14. The number of rotatable bonds is 5. The Hall–Kier alpha value is -1.75. The number of phenolic OH excluding ortho intramolecular Hbond substituents is 1. The van der Waals surface area contributed by atoms with Crippen molar-refractivity contribution in [3.8, 4) is 5.75 Å². The van der Waals surface area contributed by atoms with Crippen LogP contribution in [0.5, 0.6) is 5.75 Å². The molecule has 0 fully saturated rings. The Labute approximate surface area is 88.3 Å². The van der Waals surface area contributed by atoms with E-state index in [9.17, 15) is 9.90 Å². The second kappa shape index (κ2) is 5.87. The van der Waals surface area contributed by atoms with Gasteiger partial charge >= 0.3 is 6.03 Å². The van der Waals surface area contributed by atoms with Crippen LogP contribution < -0.4 is 16.4 Å². The van der Waals surface area contributed by atoms with Gasteiger partial charge in [-0.1, -0.05) is 12.1 Å². The van der Waals surface area contributed by atoms with Crippen LogP contribution in [0.3, 0.4) is 0 Å². The zero-order valence-electron chi connectivity index (χ0n) is 8.36. The second-order valence-electron chi connectivity index (χ2n) is 3.14. The van der Waals surface area contributed by atoms with Crippen LogP contribution >= 0.6 is 0 Å². The number of phenols is 1. The zero-order valence-corrected chi connectivity index (χ0v) is 8.36. The molecular weight excluding hydrogens is 194 g/mol. The van der Waals surface area contributed by atoms with Gasteiger partial charge in [0.25, 0.3) is 0 Å². The SMILES string of the molecule is NC(=O)NCCNCc1cccc(O)c1. The van der Waals surface area contributed by atoms with Gasteiger partial charge in [0.15, 0.2) is 0 Å². The molecule has 0 saturated heterocycles. The van der Waals surface area contributed by atoms with E-state index < -0.39 is 6.03 Å². The Balaban J connectivity index is 2.17. The first-order valence-corrected chi connectivity index (χ1v) is 4.70. The topological polar surface area (TPSA) is 87.4 Å². The molecule has 1 aromatic rings. The van der Waals surface area contributed by atoms with Crippen molar-refractivity contribution in [2.24, 2.45) is 5.73 Å². The maximum absolute atomic E-state index is 10.3. The van der Waals surface area contributed by atoms with E-state index in [0.717, 1.165) is 5.56 Å². The smallest absolute Gasteiger partial charge is 0.312 e. The number of carbonyl (C=O) groups excluding carboxylic acids is 1. The Morgan fingerprint density at radius 3 is 2.87 bits per heavy atom. The van der Waals surface area contributed by atoms with E-state index in [1.807, 2.05) is 6.07 Å². The van der Waals surface area contributed by atoms with E-state index in [1.165, 1.54) is 0 Å². The van der Waals surface area contributed by atoms with Crippen LogP contribution in [-0.4, -0.2) is 24.2 Å². The van der Waals surface area contributed by atoms with Crippen LogP contribution in [0.2, 0.25) is 0 Å². The molecule has 0 atom stereocenters. The van der Waals surface area contributed by atoms with Crippen LogP contribution in [0.1, 0.15) is 5.56 Å². The zero-order chi connectivity index (χ0) is 11.1. The van der Waals surface area contributed by atoms with Crippen molar-refractivity contribution in [3.63, 3.8) is 0 Å². The van der Waals surface area contributed by atoms with Crippen LogP contribution in [0.4, 0.5) is 4.79 Å². The van der Waals surface area contributed by atoms with Crippen LogP contribution in [0.25, 0.3) is 0 Å². The molecule has 1 aromatic carbocycles. The molecule has 0 bridgehead atoms. The molecule has 0 heterocycles. The number of primary amides is 1. The van der Waals surface area contributed by atoms with Gasteiger partial charge in [0, 0.05) is 19.6 Å². The lowest BCUT2D eigenvalue weighted by atomic mass is 10.2. The Kier molecular flexibility index (Phi) is 4.43. The number of aromatic hydroxyl groups is 1. The minimum absolute atomic E-state index is 0.254. The summed E-state index contributed by atoms with van der Waals surface area (Å²) in [6.45, 7) is 1.78. The quantitative estimate of drug-likeness (QED) is 0.520. The van der Waals surface area contributed by atoms with Crippen molar-refractivity contribution in [2.45, 2.75) is 6.54 Å². The minimum Gasteiger partial charge on any atom is -0.508 e. The van der Waals surface area contributed by atoms with Gasteiger partial charge in [-0.2, -0.15) is 0 Å². The van der Waals surface area contributed by atoms with E-state index in [4.69, 9.17) is 5.73 Å². The van der Waals surface area contributed by atoms with Crippen molar-refractivity contribution < 1.29 is 9.90 Å². The Morgan fingerprint density at radius 1 is 1.40 bits per heavy atom. The minimum atomic E-state index is -0.519. The number of amides is 2. The molecule has 82 valence electrons. The third kappa shape index (κ3) is 4.87. The monoisotopic (exact) mass is 209 g/mol. The number of nitrogens with two attached hydrogens (primary N) is 1. The predicted molar refractivity (Wildman–Crippen MR) is 57.4 cm³/mol. The Morgan fingerprint density at radius 2 is 2.20 bits per heavy atom. The van der Waals surface area contributed by atoms with Gasteiger partial charge in [-0.3, -0.25) is 0 Å². The van der Waals surface area contributed by atoms with Gasteiger partial charge in [0.2, 0.25) is 0 Å². The molecule has 0 unspecified atom stereocenters. The maximum Gasteiger partial charge on any atom is 0.312 e. The Bertz CT molecular complexity index is 328. The molecule has 5 nitrogen and oxygen atoms in total. The summed E-state index contributed by atoms with van der Waals surface area (Å²) in [4.78, 5) is 10.3. The van der Waals surface area contributed by atoms with Crippen molar-refractivity contribution in [1.82, 2.24) is 10.6 Å². The molecule has 0 aromatic heterocycles. The first kappa shape index (κ1) is 11.3. The van der Waals surface area contributed by atoms with Crippen LogP contribution in [0, 0.1) is 0 Å². The van der Waals surface area contributed by atoms with Gasteiger partial charge in [-0.05, 0) is 17.7 Å². The predicted octanol–water partition coefficient (Wildman–Crippen LogP) is 0.150. The van der Waals surface area contributed by atoms with E-state index in [0.29, 0.717) is 19.6 Å². The third-order valence-electron chi connectivity index (χ3n) is 1.84. The highest BCUT2D eigenvalue weighted by atomic mass is 16.3. The fraction of sp³-hybridized carbons (Fsp3) is 0.300. The molecule has 5 heteroatoms. The summed E-state index contributed by atoms with van der Waals surface area (Å²) < 4.78 is 0. The molecule has 0 aliphatic heterocycles. The molecule has 0 aliphatic rings. The highest BCUT2D eigenvalue weighted by Crippen LogP contribution is 2.09. The van der Waals surface area contributed by atoms with Crippen molar-refractivity contribution in [2.75, 3.05) is 13.1 Å². The summed E-state index contributed by atoms with van der Waals surface area (Å²) in [6.07, 6.45) is 0. The summed E-state index contributed by atoms with van der Waals surface area (Å²) in [6, 6.07) is 6.49. The van der Waals surface area contributed by atoms with Crippen LogP contribution in [0.15, 0.2) is 24.3 Å². The van der Waals surface area contributed by atoms with E-state index in [1.54, 1.807) is 18.2 Å². The molecule has 0 saturated carbocycles. The first-order chi connectivity index (χ1) is 7.18. The lowest BCUT2D eigenvalue weighted by molar-refractivity contribution is 0.249. The average molecular weight is 209 g/mol. The average Bonchev–Trinajstić information content (AvgIpc) is 2.17. The van der Waals surface area contributed by atoms with Gasteiger partial charge in [0.05, 0.1) is 0 Å². The summed E-state index contributed by atoms with van der Waals surface area (Å²) in [5.74, 6) is 0.254.